The number of carboxylic acids is 1. The number of hydrogen-bond acceptors (Lipinski definition) is 3. The minimum Gasteiger partial charge on any atom is -0.478 e. The van der Waals surface area contributed by atoms with Gasteiger partial charge in [-0.05, 0) is 55.4 Å². The number of aryl methyl sites for hydroxylation is 1. The lowest BCUT2D eigenvalue weighted by Crippen LogP contribution is -2.15. The molecule has 1 heterocycles. The topological polar surface area (TPSA) is 78.9 Å². The molecule has 0 atom stereocenters. The highest BCUT2D eigenvalue weighted by Gasteiger charge is 2.28. The fraction of sp³-hybridized carbons (Fsp3) is 0.471. The molecule has 0 unspecified atom stereocenters. The van der Waals surface area contributed by atoms with Crippen LogP contribution in [0.1, 0.15) is 65.0 Å². The molecule has 5 nitrogen and oxygen atoms in total. The molecule has 116 valence electrons. The zero-order valence-corrected chi connectivity index (χ0v) is 13.2. The summed E-state index contributed by atoms with van der Waals surface area (Å²) in [6.45, 7) is 5.92. The number of aromatic nitrogens is 3. The molecule has 22 heavy (non-hydrogen) atoms. The molecule has 0 saturated heterocycles. The molecule has 1 aliphatic rings. The van der Waals surface area contributed by atoms with E-state index in [1.54, 1.807) is 6.07 Å². The smallest absolute Gasteiger partial charge is 0.335 e. The quantitative estimate of drug-likeness (QED) is 0.903. The first-order valence-electron chi connectivity index (χ1n) is 7.82. The van der Waals surface area contributed by atoms with Crippen LogP contribution in [-0.4, -0.2) is 26.3 Å². The van der Waals surface area contributed by atoms with E-state index in [1.165, 1.54) is 12.0 Å². The average molecular weight is 299 g/mol. The Labute approximate surface area is 129 Å². The second kappa shape index (κ2) is 5.55. The Morgan fingerprint density at radius 2 is 2.09 bits per heavy atom. The summed E-state index contributed by atoms with van der Waals surface area (Å²) < 4.78 is 0. The van der Waals surface area contributed by atoms with Gasteiger partial charge in [0.15, 0.2) is 5.82 Å². The van der Waals surface area contributed by atoms with Gasteiger partial charge in [-0.25, -0.2) is 9.78 Å². The molecule has 2 aromatic rings. The highest BCUT2D eigenvalue weighted by atomic mass is 16.4. The Balaban J connectivity index is 2.22. The number of aromatic carboxylic acids is 1. The molecule has 0 amide bonds. The lowest BCUT2D eigenvalue weighted by atomic mass is 9.74. The molecule has 1 aromatic carbocycles. The molecule has 5 heteroatoms. The number of nitrogens with zero attached hydrogens (tertiary/aromatic N) is 2. The fourth-order valence-electron chi connectivity index (χ4n) is 3.14. The van der Waals surface area contributed by atoms with Gasteiger partial charge in [-0.1, -0.05) is 13.3 Å². The van der Waals surface area contributed by atoms with Gasteiger partial charge in [-0.2, -0.15) is 5.10 Å². The number of nitrogens with one attached hydrogen (secondary N) is 1. The van der Waals surface area contributed by atoms with Crippen molar-refractivity contribution in [2.45, 2.75) is 52.4 Å². The Morgan fingerprint density at radius 3 is 2.59 bits per heavy atom. The molecule has 1 aliphatic carbocycles. The van der Waals surface area contributed by atoms with Gasteiger partial charge in [-0.3, -0.25) is 5.10 Å². The minimum absolute atomic E-state index is 0.346. The van der Waals surface area contributed by atoms with Crippen LogP contribution in [0.15, 0.2) is 6.07 Å². The number of H-pyrrole nitrogens is 1. The van der Waals surface area contributed by atoms with E-state index in [4.69, 9.17) is 0 Å². The molecule has 1 aromatic heterocycles. The van der Waals surface area contributed by atoms with Crippen molar-refractivity contribution in [1.82, 2.24) is 15.2 Å². The molecule has 0 radical (unpaired) electrons. The van der Waals surface area contributed by atoms with Crippen molar-refractivity contribution in [2.75, 3.05) is 0 Å². The zero-order valence-electron chi connectivity index (χ0n) is 13.2. The SMILES string of the molecule is CCc1nc(-c2cc(C(=O)O)c(C)c(C)c2C2CCC2)n[nH]1. The van der Waals surface area contributed by atoms with Gasteiger partial charge in [0.2, 0.25) is 0 Å². The van der Waals surface area contributed by atoms with Crippen LogP contribution >= 0.6 is 0 Å². The number of carbonyl (C=O) groups is 1. The first kappa shape index (κ1) is 14.8. The van der Waals surface area contributed by atoms with Gasteiger partial charge in [0, 0.05) is 12.0 Å². The third kappa shape index (κ3) is 2.30. The lowest BCUT2D eigenvalue weighted by Gasteiger charge is -2.30. The first-order chi connectivity index (χ1) is 10.5. The van der Waals surface area contributed by atoms with E-state index in [-0.39, 0.29) is 0 Å². The van der Waals surface area contributed by atoms with Crippen LogP contribution in [-0.2, 0) is 6.42 Å². The number of rotatable bonds is 4. The molecule has 0 bridgehead atoms. The van der Waals surface area contributed by atoms with Crippen molar-refractivity contribution in [1.29, 1.82) is 0 Å². The van der Waals surface area contributed by atoms with Crippen molar-refractivity contribution >= 4 is 5.97 Å². The third-order valence-corrected chi connectivity index (χ3v) is 4.80. The second-order valence-corrected chi connectivity index (χ2v) is 6.03. The van der Waals surface area contributed by atoms with Crippen LogP contribution < -0.4 is 0 Å². The summed E-state index contributed by atoms with van der Waals surface area (Å²) in [4.78, 5) is 16.0. The summed E-state index contributed by atoms with van der Waals surface area (Å²) in [7, 11) is 0. The van der Waals surface area contributed by atoms with E-state index in [0.29, 0.717) is 17.3 Å². The Kier molecular flexibility index (Phi) is 3.72. The van der Waals surface area contributed by atoms with Gasteiger partial charge in [-0.15, -0.1) is 0 Å². The molecule has 1 saturated carbocycles. The maximum atomic E-state index is 11.5. The van der Waals surface area contributed by atoms with Gasteiger partial charge >= 0.3 is 5.97 Å². The Bertz CT molecular complexity index is 730. The van der Waals surface area contributed by atoms with Crippen LogP contribution in [0.4, 0.5) is 0 Å². The average Bonchev–Trinajstić information content (AvgIpc) is 2.90. The number of carboxylic acid groups (broad SMARTS) is 1. The second-order valence-electron chi connectivity index (χ2n) is 6.03. The fourth-order valence-corrected chi connectivity index (χ4v) is 3.14. The predicted octanol–water partition coefficient (Wildman–Crippen LogP) is 3.62. The van der Waals surface area contributed by atoms with Crippen LogP contribution in [0.2, 0.25) is 0 Å². The van der Waals surface area contributed by atoms with E-state index in [1.807, 2.05) is 20.8 Å². The summed E-state index contributed by atoms with van der Waals surface area (Å²) in [5.41, 5.74) is 4.38. The maximum Gasteiger partial charge on any atom is 0.335 e. The number of hydrogen-bond donors (Lipinski definition) is 2. The summed E-state index contributed by atoms with van der Waals surface area (Å²) in [5, 5.41) is 16.7. The molecular weight excluding hydrogens is 278 g/mol. The van der Waals surface area contributed by atoms with E-state index < -0.39 is 5.97 Å². The van der Waals surface area contributed by atoms with Crippen molar-refractivity contribution in [3.63, 3.8) is 0 Å². The van der Waals surface area contributed by atoms with Gasteiger partial charge < -0.3 is 5.11 Å². The van der Waals surface area contributed by atoms with Gasteiger partial charge in [0.1, 0.15) is 5.82 Å². The molecule has 0 spiro atoms. The van der Waals surface area contributed by atoms with Gasteiger partial charge in [0.25, 0.3) is 0 Å². The first-order valence-corrected chi connectivity index (χ1v) is 7.82. The van der Waals surface area contributed by atoms with Crippen molar-refractivity contribution in [3.05, 3.63) is 34.1 Å². The maximum absolute atomic E-state index is 11.5. The molecule has 2 N–H and O–H groups in total. The molecular formula is C17H21N3O2. The minimum atomic E-state index is -0.895. The van der Waals surface area contributed by atoms with Crippen LogP contribution in [0.3, 0.4) is 0 Å². The number of benzene rings is 1. The van der Waals surface area contributed by atoms with Crippen molar-refractivity contribution in [3.8, 4) is 11.4 Å². The Morgan fingerprint density at radius 1 is 1.36 bits per heavy atom. The number of aromatic amines is 1. The summed E-state index contributed by atoms with van der Waals surface area (Å²) in [6, 6.07) is 1.75. The summed E-state index contributed by atoms with van der Waals surface area (Å²) >= 11 is 0. The van der Waals surface area contributed by atoms with E-state index in [2.05, 4.69) is 15.2 Å². The Hall–Kier alpha value is -2.17. The third-order valence-electron chi connectivity index (χ3n) is 4.80. The van der Waals surface area contributed by atoms with E-state index in [9.17, 15) is 9.90 Å². The van der Waals surface area contributed by atoms with Crippen LogP contribution in [0.25, 0.3) is 11.4 Å². The highest BCUT2D eigenvalue weighted by Crippen LogP contribution is 2.43. The van der Waals surface area contributed by atoms with Crippen molar-refractivity contribution < 1.29 is 9.90 Å². The van der Waals surface area contributed by atoms with E-state index in [0.717, 1.165) is 41.8 Å². The van der Waals surface area contributed by atoms with Crippen LogP contribution in [0.5, 0.6) is 0 Å². The zero-order chi connectivity index (χ0) is 15.9. The predicted molar refractivity (Wildman–Crippen MR) is 84.2 cm³/mol. The summed E-state index contributed by atoms with van der Waals surface area (Å²) in [5.74, 6) is 1.04. The standard InChI is InChI=1S/C17H21N3O2/c1-4-14-18-16(20-19-14)13-8-12(17(21)22)9(2)10(3)15(13)11-6-5-7-11/h8,11H,4-7H2,1-3H3,(H,21,22)(H,18,19,20). The van der Waals surface area contributed by atoms with Crippen LogP contribution in [0, 0.1) is 13.8 Å². The van der Waals surface area contributed by atoms with Crippen molar-refractivity contribution in [2.24, 2.45) is 0 Å². The largest absolute Gasteiger partial charge is 0.478 e. The molecule has 3 rings (SSSR count). The molecule has 0 aliphatic heterocycles. The monoisotopic (exact) mass is 299 g/mol. The summed E-state index contributed by atoms with van der Waals surface area (Å²) in [6.07, 6.45) is 4.33. The molecule has 1 fully saturated rings. The van der Waals surface area contributed by atoms with Gasteiger partial charge in [0.05, 0.1) is 5.56 Å². The van der Waals surface area contributed by atoms with E-state index >= 15 is 0 Å². The lowest BCUT2D eigenvalue weighted by molar-refractivity contribution is 0.0696. The highest BCUT2D eigenvalue weighted by molar-refractivity contribution is 5.92. The normalized spacial score (nSPS) is 14.9.